The molecular formula is H6BInO3Y. The third-order valence-corrected chi connectivity index (χ3v) is 0. The zero-order valence-electron chi connectivity index (χ0n) is 2.50. The zero-order chi connectivity index (χ0) is 3.58. The first-order valence-electron chi connectivity index (χ1n) is 0.775. The van der Waals surface area contributed by atoms with E-state index < -0.39 is 7.32 Å². The van der Waals surface area contributed by atoms with Crippen LogP contribution in [0.1, 0.15) is 0 Å². The molecule has 0 aromatic rings. The summed E-state index contributed by atoms with van der Waals surface area (Å²) in [6.07, 6.45) is 0. The van der Waals surface area contributed by atoms with E-state index >= 15 is 0 Å². The van der Waals surface area contributed by atoms with E-state index in [-0.39, 0.29) is 58.6 Å². The van der Waals surface area contributed by atoms with Gasteiger partial charge in [0.2, 0.25) is 0 Å². The molecule has 0 saturated heterocycles. The van der Waals surface area contributed by atoms with Crippen LogP contribution in [0.5, 0.6) is 0 Å². The van der Waals surface area contributed by atoms with E-state index in [9.17, 15) is 0 Å². The van der Waals surface area contributed by atoms with Gasteiger partial charge in [0.15, 0.2) is 0 Å². The smallest absolute Gasteiger partial charge is 0 e. The molecule has 0 heterocycles. The van der Waals surface area contributed by atoms with E-state index in [4.69, 9.17) is 15.1 Å². The molecule has 3 nitrogen and oxygen atoms in total. The quantitative estimate of drug-likeness (QED) is 0.405. The normalized spacial score (nSPS) is 4.50. The summed E-state index contributed by atoms with van der Waals surface area (Å²) in [4.78, 5) is 0. The third-order valence-electron chi connectivity index (χ3n) is 0. The largest absolute Gasteiger partial charge is 0 e. The van der Waals surface area contributed by atoms with Gasteiger partial charge in [-0.15, -0.1) is 0 Å². The van der Waals surface area contributed by atoms with Gasteiger partial charge in [-0.05, 0) is 0 Å². The molecule has 0 rings (SSSR count). The Kier molecular flexibility index (Phi) is 26.2. The van der Waals surface area contributed by atoms with Gasteiger partial charge < -0.3 is 15.1 Å². The summed E-state index contributed by atoms with van der Waals surface area (Å²) < 4.78 is 0. The Bertz CT molecular complexity index is 15.5. The molecule has 0 aliphatic heterocycles. The van der Waals surface area contributed by atoms with E-state index in [0.717, 1.165) is 0 Å². The molecule has 0 spiro atoms. The van der Waals surface area contributed by atoms with Crippen molar-refractivity contribution in [2.45, 2.75) is 0 Å². The van der Waals surface area contributed by atoms with Crippen LogP contribution in [0.25, 0.3) is 0 Å². The minimum absolute atomic E-state index is 0. The molecule has 0 bridgehead atoms. The Hall–Kier alpha value is 1.92. The van der Waals surface area contributed by atoms with Gasteiger partial charge in [0.25, 0.3) is 0 Å². The molecule has 0 saturated carbocycles. The number of hydrogen-bond acceptors (Lipinski definition) is 3. The minimum atomic E-state index is -2.17. The second kappa shape index (κ2) is 10.0. The topological polar surface area (TPSA) is 60.7 Å². The van der Waals surface area contributed by atoms with Crippen LogP contribution in [0.15, 0.2) is 0 Å². The summed E-state index contributed by atoms with van der Waals surface area (Å²) in [5.41, 5.74) is 0. The van der Waals surface area contributed by atoms with E-state index in [2.05, 4.69) is 0 Å². The summed E-state index contributed by atoms with van der Waals surface area (Å²) in [5.74, 6) is 0. The first-order chi connectivity index (χ1) is 1.73. The number of hydrogen-bond donors (Lipinski definition) is 3. The van der Waals surface area contributed by atoms with Crippen LogP contribution >= 0.6 is 0 Å². The Morgan fingerprint density at radius 3 is 1.00 bits per heavy atom. The molecule has 33 valence electrons. The maximum atomic E-state index is 7.17. The van der Waals surface area contributed by atoms with E-state index in [1.807, 2.05) is 0 Å². The average Bonchev–Trinajstić information content (AvgIpc) is 0.811. The van der Waals surface area contributed by atoms with Crippen molar-refractivity contribution in [3.63, 3.8) is 0 Å². The standard InChI is InChI=1S/BH3O3.In.Y.3H/c2-1(3)4;;;;;/h2-4H;;;;;. The molecule has 0 aromatic heterocycles. The molecule has 0 unspecified atom stereocenters. The molecule has 6 heteroatoms. The fourth-order valence-electron chi connectivity index (χ4n) is 0. The van der Waals surface area contributed by atoms with Crippen LogP contribution < -0.4 is 0 Å². The second-order valence-corrected chi connectivity index (χ2v) is 0.346. The first-order valence-corrected chi connectivity index (χ1v) is 0.775. The summed E-state index contributed by atoms with van der Waals surface area (Å²) in [6, 6.07) is 0. The SMILES string of the molecule is OB(O)O.[InH3].[Y]. The Balaban J connectivity index is -0.0000000450. The van der Waals surface area contributed by atoms with Crippen LogP contribution in [0, 0.1) is 0 Å². The van der Waals surface area contributed by atoms with Crippen LogP contribution in [0.2, 0.25) is 0 Å². The van der Waals surface area contributed by atoms with Crippen LogP contribution in [-0.2, 0) is 32.7 Å². The molecule has 0 aromatic carbocycles. The Morgan fingerprint density at radius 2 is 1.00 bits per heavy atom. The molecule has 0 atom stereocenters. The van der Waals surface area contributed by atoms with Crippen molar-refractivity contribution >= 4 is 33.2 Å². The molecule has 0 aliphatic carbocycles. The summed E-state index contributed by atoms with van der Waals surface area (Å²) >= 11 is 0. The summed E-state index contributed by atoms with van der Waals surface area (Å²) in [6.45, 7) is 0. The Morgan fingerprint density at radius 1 is 1.00 bits per heavy atom. The van der Waals surface area contributed by atoms with Gasteiger partial charge in [0, 0.05) is 32.7 Å². The monoisotopic (exact) mass is 269 g/mol. The molecule has 0 fully saturated rings. The van der Waals surface area contributed by atoms with Crippen LogP contribution in [-0.4, -0.2) is 48.2 Å². The molecule has 0 amide bonds. The predicted molar refractivity (Wildman–Crippen MR) is 22.3 cm³/mol. The van der Waals surface area contributed by atoms with Gasteiger partial charge in [-0.3, -0.25) is 0 Å². The van der Waals surface area contributed by atoms with Gasteiger partial charge >= 0.3 is 33.2 Å². The van der Waals surface area contributed by atoms with Crippen molar-refractivity contribution < 1.29 is 47.8 Å². The fourth-order valence-corrected chi connectivity index (χ4v) is 0. The van der Waals surface area contributed by atoms with E-state index in [1.54, 1.807) is 0 Å². The molecule has 0 aliphatic rings. The van der Waals surface area contributed by atoms with E-state index in [1.165, 1.54) is 0 Å². The molecule has 6 heavy (non-hydrogen) atoms. The molecule has 3 N–H and O–H groups in total. The third kappa shape index (κ3) is 38.9. The van der Waals surface area contributed by atoms with Gasteiger partial charge in [0.05, 0.1) is 0 Å². The average molecular weight is 269 g/mol. The van der Waals surface area contributed by atoms with Crippen LogP contribution in [0.3, 0.4) is 0 Å². The maximum Gasteiger partial charge on any atom is 0 e. The Labute approximate surface area is 80.0 Å². The number of rotatable bonds is 0. The fraction of sp³-hybridized carbons (Fsp3) is 0. The first kappa shape index (κ1) is 15.7. The zero-order valence-corrected chi connectivity index (χ0v) is 5.33. The summed E-state index contributed by atoms with van der Waals surface area (Å²) in [5, 5.41) is 21.5. The van der Waals surface area contributed by atoms with Crippen molar-refractivity contribution in [1.29, 1.82) is 0 Å². The molecular weight excluding hydrogens is 263 g/mol. The molecule has 1 radical (unpaired) electrons. The van der Waals surface area contributed by atoms with Gasteiger partial charge in [-0.2, -0.15) is 0 Å². The van der Waals surface area contributed by atoms with Crippen molar-refractivity contribution in [2.75, 3.05) is 0 Å². The van der Waals surface area contributed by atoms with E-state index in [0.29, 0.717) is 0 Å². The maximum absolute atomic E-state index is 7.17. The van der Waals surface area contributed by atoms with Crippen molar-refractivity contribution in [3.05, 3.63) is 0 Å². The summed E-state index contributed by atoms with van der Waals surface area (Å²) in [7, 11) is -2.17. The van der Waals surface area contributed by atoms with Crippen molar-refractivity contribution in [2.24, 2.45) is 0 Å². The van der Waals surface area contributed by atoms with Crippen molar-refractivity contribution in [1.82, 2.24) is 0 Å². The predicted octanol–water partition coefficient (Wildman–Crippen LogP) is -3.24. The van der Waals surface area contributed by atoms with Crippen LogP contribution in [0.4, 0.5) is 0 Å². The van der Waals surface area contributed by atoms with Gasteiger partial charge in [-0.25, -0.2) is 0 Å². The van der Waals surface area contributed by atoms with Gasteiger partial charge in [0.1, 0.15) is 0 Å². The second-order valence-electron chi connectivity index (χ2n) is 0.346. The van der Waals surface area contributed by atoms with Crippen molar-refractivity contribution in [3.8, 4) is 0 Å². The van der Waals surface area contributed by atoms with Gasteiger partial charge in [-0.1, -0.05) is 0 Å². The minimum Gasteiger partial charge on any atom is 0 e.